The number of hydroxylamine groups is 1. The molecule has 18 heavy (non-hydrogen) atoms. The Labute approximate surface area is 105 Å². The van der Waals surface area contributed by atoms with Gasteiger partial charge in [-0.25, -0.2) is 4.79 Å². The van der Waals surface area contributed by atoms with E-state index in [4.69, 9.17) is 4.84 Å². The summed E-state index contributed by atoms with van der Waals surface area (Å²) in [7, 11) is 0. The third-order valence-electron chi connectivity index (χ3n) is 3.00. The first kappa shape index (κ1) is 10.8. The van der Waals surface area contributed by atoms with Crippen molar-refractivity contribution in [3.05, 3.63) is 71.8 Å². The summed E-state index contributed by atoms with van der Waals surface area (Å²) in [4.78, 5) is 16.3. The van der Waals surface area contributed by atoms with Gasteiger partial charge in [0.2, 0.25) is 0 Å². The van der Waals surface area contributed by atoms with Crippen LogP contribution in [0.25, 0.3) is 0 Å². The number of benzene rings is 2. The maximum atomic E-state index is 11.4. The van der Waals surface area contributed by atoms with Gasteiger partial charge in [0.25, 0.3) is 0 Å². The Kier molecular flexibility index (Phi) is 2.50. The lowest BCUT2D eigenvalue weighted by molar-refractivity contribution is 0.105. The minimum atomic E-state index is -0.820. The minimum absolute atomic E-state index is 0.484. The van der Waals surface area contributed by atoms with Crippen LogP contribution in [-0.2, 0) is 10.5 Å². The van der Waals surface area contributed by atoms with Crippen LogP contribution in [-0.4, -0.2) is 6.09 Å². The Balaban J connectivity index is 2.14. The molecule has 0 saturated carbocycles. The Morgan fingerprint density at radius 2 is 1.33 bits per heavy atom. The highest BCUT2D eigenvalue weighted by Crippen LogP contribution is 2.29. The largest absolute Gasteiger partial charge is 0.428 e. The molecular formula is C14H12N2O2. The van der Waals surface area contributed by atoms with Gasteiger partial charge in [0, 0.05) is 0 Å². The molecule has 0 radical (unpaired) electrons. The molecule has 1 heterocycles. The Morgan fingerprint density at radius 3 is 1.72 bits per heavy atom. The van der Waals surface area contributed by atoms with E-state index in [1.165, 1.54) is 0 Å². The third kappa shape index (κ3) is 1.63. The number of nitrogens with one attached hydrogen (secondary N) is 2. The van der Waals surface area contributed by atoms with E-state index in [0.717, 1.165) is 11.1 Å². The Morgan fingerprint density at radius 1 is 0.833 bits per heavy atom. The van der Waals surface area contributed by atoms with Gasteiger partial charge in [-0.1, -0.05) is 60.7 Å². The molecule has 1 aliphatic rings. The van der Waals surface area contributed by atoms with Crippen molar-refractivity contribution in [1.29, 1.82) is 0 Å². The molecule has 0 atom stereocenters. The smallest absolute Gasteiger partial charge is 0.351 e. The maximum Gasteiger partial charge on any atom is 0.428 e. The van der Waals surface area contributed by atoms with E-state index in [1.54, 1.807) is 0 Å². The summed E-state index contributed by atoms with van der Waals surface area (Å²) in [6.07, 6.45) is -0.484. The molecule has 3 rings (SSSR count). The fourth-order valence-electron chi connectivity index (χ4n) is 2.13. The zero-order chi connectivity index (χ0) is 12.4. The zero-order valence-electron chi connectivity index (χ0n) is 9.59. The van der Waals surface area contributed by atoms with E-state index >= 15 is 0 Å². The van der Waals surface area contributed by atoms with E-state index < -0.39 is 11.8 Å². The number of hydrogen-bond acceptors (Lipinski definition) is 3. The van der Waals surface area contributed by atoms with E-state index in [1.807, 2.05) is 60.7 Å². The van der Waals surface area contributed by atoms with Crippen LogP contribution in [0.15, 0.2) is 60.7 Å². The average molecular weight is 240 g/mol. The number of carbonyl (C=O) groups is 1. The SMILES string of the molecule is O=C1NC(c2ccccc2)(c2ccccc2)NO1. The van der Waals surface area contributed by atoms with Crippen LogP contribution in [0.1, 0.15) is 11.1 Å². The monoisotopic (exact) mass is 240 g/mol. The van der Waals surface area contributed by atoms with Crippen molar-refractivity contribution >= 4 is 6.09 Å². The summed E-state index contributed by atoms with van der Waals surface area (Å²) in [5.74, 6) is 0. The van der Waals surface area contributed by atoms with Crippen molar-refractivity contribution in [1.82, 2.24) is 10.8 Å². The van der Waals surface area contributed by atoms with Crippen molar-refractivity contribution in [2.75, 3.05) is 0 Å². The van der Waals surface area contributed by atoms with Crippen LogP contribution in [0.3, 0.4) is 0 Å². The molecule has 2 aromatic rings. The van der Waals surface area contributed by atoms with Gasteiger partial charge in [-0.3, -0.25) is 5.32 Å². The first-order valence-electron chi connectivity index (χ1n) is 5.68. The topological polar surface area (TPSA) is 50.4 Å². The second-order valence-corrected chi connectivity index (χ2v) is 4.10. The average Bonchev–Trinajstić information content (AvgIpc) is 2.84. The lowest BCUT2D eigenvalue weighted by Crippen LogP contribution is -2.47. The van der Waals surface area contributed by atoms with Gasteiger partial charge in [0.1, 0.15) is 0 Å². The summed E-state index contributed by atoms with van der Waals surface area (Å²) in [6.45, 7) is 0. The van der Waals surface area contributed by atoms with Gasteiger partial charge in [0.05, 0.1) is 0 Å². The molecule has 0 bridgehead atoms. The highest BCUT2D eigenvalue weighted by molar-refractivity contribution is 5.71. The van der Waals surface area contributed by atoms with Crippen molar-refractivity contribution in [3.8, 4) is 0 Å². The molecule has 1 fully saturated rings. The lowest BCUT2D eigenvalue weighted by Gasteiger charge is -2.27. The van der Waals surface area contributed by atoms with Crippen molar-refractivity contribution in [2.45, 2.75) is 5.66 Å². The van der Waals surface area contributed by atoms with E-state index in [2.05, 4.69) is 10.8 Å². The third-order valence-corrected chi connectivity index (χ3v) is 3.00. The fourth-order valence-corrected chi connectivity index (χ4v) is 2.13. The summed E-state index contributed by atoms with van der Waals surface area (Å²) < 4.78 is 0. The van der Waals surface area contributed by atoms with Gasteiger partial charge >= 0.3 is 6.09 Å². The Hall–Kier alpha value is -2.33. The molecule has 0 aromatic heterocycles. The Bertz CT molecular complexity index is 515. The molecule has 0 spiro atoms. The van der Waals surface area contributed by atoms with Gasteiger partial charge < -0.3 is 4.84 Å². The molecule has 2 N–H and O–H groups in total. The molecule has 90 valence electrons. The first-order valence-corrected chi connectivity index (χ1v) is 5.68. The van der Waals surface area contributed by atoms with Crippen LogP contribution in [0.5, 0.6) is 0 Å². The number of carbonyl (C=O) groups excluding carboxylic acids is 1. The molecule has 2 aromatic carbocycles. The van der Waals surface area contributed by atoms with E-state index in [9.17, 15) is 4.79 Å². The maximum absolute atomic E-state index is 11.4. The summed E-state index contributed by atoms with van der Waals surface area (Å²) in [5.41, 5.74) is 3.81. The van der Waals surface area contributed by atoms with Gasteiger partial charge in [-0.2, -0.15) is 0 Å². The molecule has 1 amide bonds. The second kappa shape index (κ2) is 4.16. The van der Waals surface area contributed by atoms with Gasteiger partial charge in [-0.15, -0.1) is 5.48 Å². The van der Waals surface area contributed by atoms with Crippen LogP contribution >= 0.6 is 0 Å². The van der Waals surface area contributed by atoms with Crippen molar-refractivity contribution in [2.24, 2.45) is 0 Å². The van der Waals surface area contributed by atoms with Crippen LogP contribution in [0, 0.1) is 0 Å². The molecule has 4 heteroatoms. The standard InChI is InChI=1S/C14H12N2O2/c17-13-15-14(16-18-13,11-7-3-1-4-8-11)12-9-5-2-6-10-12/h1-10,16H,(H,15,17). The molecule has 4 nitrogen and oxygen atoms in total. The molecule has 1 saturated heterocycles. The molecule has 1 aliphatic heterocycles. The minimum Gasteiger partial charge on any atom is -0.351 e. The zero-order valence-corrected chi connectivity index (χ0v) is 9.59. The summed E-state index contributed by atoms with van der Waals surface area (Å²) in [6, 6.07) is 19.3. The predicted octanol–water partition coefficient (Wildman–Crippen LogP) is 2.13. The van der Waals surface area contributed by atoms with E-state index in [0.29, 0.717) is 0 Å². The lowest BCUT2D eigenvalue weighted by atomic mass is 9.92. The van der Waals surface area contributed by atoms with Gasteiger partial charge in [0.15, 0.2) is 5.66 Å². The predicted molar refractivity (Wildman–Crippen MR) is 66.4 cm³/mol. The number of hydrogen-bond donors (Lipinski definition) is 2. The van der Waals surface area contributed by atoms with Crippen LogP contribution < -0.4 is 10.8 Å². The second-order valence-electron chi connectivity index (χ2n) is 4.10. The molecule has 0 unspecified atom stereocenters. The number of rotatable bonds is 2. The normalized spacial score (nSPS) is 17.0. The first-order chi connectivity index (χ1) is 8.81. The van der Waals surface area contributed by atoms with Crippen LogP contribution in [0.4, 0.5) is 4.79 Å². The molecular weight excluding hydrogens is 228 g/mol. The number of amides is 1. The van der Waals surface area contributed by atoms with Gasteiger partial charge in [-0.05, 0) is 11.1 Å². The van der Waals surface area contributed by atoms with E-state index in [-0.39, 0.29) is 0 Å². The van der Waals surface area contributed by atoms with Crippen molar-refractivity contribution in [3.63, 3.8) is 0 Å². The van der Waals surface area contributed by atoms with Crippen molar-refractivity contribution < 1.29 is 9.63 Å². The quantitative estimate of drug-likeness (QED) is 0.845. The molecule has 0 aliphatic carbocycles. The fraction of sp³-hybridized carbons (Fsp3) is 0.0714. The van der Waals surface area contributed by atoms with Crippen LogP contribution in [0.2, 0.25) is 0 Å². The highest BCUT2D eigenvalue weighted by atomic mass is 16.7. The summed E-state index contributed by atoms with van der Waals surface area (Å²) >= 11 is 0. The highest BCUT2D eigenvalue weighted by Gasteiger charge is 2.42. The summed E-state index contributed by atoms with van der Waals surface area (Å²) in [5, 5.41) is 2.83.